The maximum Gasteiger partial charge on any atom is 0.141 e. The summed E-state index contributed by atoms with van der Waals surface area (Å²) >= 11 is 0. The zero-order chi connectivity index (χ0) is 11.5. The van der Waals surface area contributed by atoms with Gasteiger partial charge in [0.2, 0.25) is 0 Å². The van der Waals surface area contributed by atoms with Crippen LogP contribution < -0.4 is 5.73 Å². The summed E-state index contributed by atoms with van der Waals surface area (Å²) in [6.07, 6.45) is 5.17. The van der Waals surface area contributed by atoms with E-state index in [1.54, 1.807) is 10.9 Å². The number of aromatic nitrogens is 3. The van der Waals surface area contributed by atoms with E-state index in [0.717, 1.165) is 11.9 Å². The van der Waals surface area contributed by atoms with E-state index in [2.05, 4.69) is 10.1 Å². The van der Waals surface area contributed by atoms with Crippen LogP contribution in [0.3, 0.4) is 0 Å². The molecule has 2 rings (SSSR count). The zero-order valence-corrected chi connectivity index (χ0v) is 8.97. The Labute approximate surface area is 92.9 Å². The van der Waals surface area contributed by atoms with Gasteiger partial charge in [-0.25, -0.2) is 4.39 Å². The van der Waals surface area contributed by atoms with E-state index in [-0.39, 0.29) is 11.9 Å². The van der Waals surface area contributed by atoms with Gasteiger partial charge < -0.3 is 5.73 Å². The molecule has 0 spiro atoms. The average molecular weight is 220 g/mol. The van der Waals surface area contributed by atoms with Crippen molar-refractivity contribution < 1.29 is 4.39 Å². The van der Waals surface area contributed by atoms with Gasteiger partial charge in [0.25, 0.3) is 0 Å². The van der Waals surface area contributed by atoms with Gasteiger partial charge in [0, 0.05) is 31.9 Å². The topological polar surface area (TPSA) is 56.7 Å². The molecule has 2 aromatic rings. The van der Waals surface area contributed by atoms with Crippen LogP contribution in [0.2, 0.25) is 0 Å². The van der Waals surface area contributed by atoms with Crippen LogP contribution in [0.1, 0.15) is 17.3 Å². The average Bonchev–Trinajstić information content (AvgIpc) is 2.64. The molecule has 2 aromatic heterocycles. The third-order valence-electron chi connectivity index (χ3n) is 2.35. The summed E-state index contributed by atoms with van der Waals surface area (Å²) < 4.78 is 14.6. The van der Waals surface area contributed by atoms with Crippen molar-refractivity contribution in [2.45, 2.75) is 12.5 Å². The van der Waals surface area contributed by atoms with Gasteiger partial charge in [0.1, 0.15) is 5.82 Å². The highest BCUT2D eigenvalue weighted by molar-refractivity contribution is 5.17. The second kappa shape index (κ2) is 4.40. The van der Waals surface area contributed by atoms with Crippen LogP contribution in [0.4, 0.5) is 4.39 Å². The Bertz CT molecular complexity index is 480. The molecule has 0 saturated carbocycles. The Balaban J connectivity index is 2.11. The molecule has 0 amide bonds. The van der Waals surface area contributed by atoms with Gasteiger partial charge in [0.05, 0.1) is 11.9 Å². The highest BCUT2D eigenvalue weighted by atomic mass is 19.1. The number of hydrogen-bond acceptors (Lipinski definition) is 3. The van der Waals surface area contributed by atoms with Crippen LogP contribution >= 0.6 is 0 Å². The molecule has 0 saturated heterocycles. The van der Waals surface area contributed by atoms with Crippen molar-refractivity contribution in [2.24, 2.45) is 12.8 Å². The van der Waals surface area contributed by atoms with Gasteiger partial charge in [-0.15, -0.1) is 0 Å². The molecule has 0 aromatic carbocycles. The summed E-state index contributed by atoms with van der Waals surface area (Å²) in [5.74, 6) is -0.367. The molecular formula is C11H13FN4. The van der Waals surface area contributed by atoms with Crippen molar-refractivity contribution in [3.63, 3.8) is 0 Å². The molecule has 84 valence electrons. The van der Waals surface area contributed by atoms with Crippen molar-refractivity contribution in [1.82, 2.24) is 14.8 Å². The first-order valence-electron chi connectivity index (χ1n) is 4.99. The lowest BCUT2D eigenvalue weighted by molar-refractivity contribution is 0.608. The van der Waals surface area contributed by atoms with Crippen LogP contribution in [0.15, 0.2) is 30.7 Å². The molecule has 0 aliphatic rings. The van der Waals surface area contributed by atoms with Crippen LogP contribution in [0.25, 0.3) is 0 Å². The van der Waals surface area contributed by atoms with Crippen molar-refractivity contribution in [1.29, 1.82) is 0 Å². The van der Waals surface area contributed by atoms with E-state index in [0.29, 0.717) is 12.0 Å². The van der Waals surface area contributed by atoms with Gasteiger partial charge in [0.15, 0.2) is 0 Å². The van der Waals surface area contributed by atoms with Crippen LogP contribution in [-0.2, 0) is 13.5 Å². The molecule has 2 heterocycles. The lowest BCUT2D eigenvalue weighted by atomic mass is 10.1. The van der Waals surface area contributed by atoms with Crippen LogP contribution in [-0.4, -0.2) is 14.8 Å². The van der Waals surface area contributed by atoms with E-state index in [1.165, 1.54) is 6.07 Å². The summed E-state index contributed by atoms with van der Waals surface area (Å²) in [5.41, 5.74) is 7.52. The second-order valence-electron chi connectivity index (χ2n) is 3.73. The summed E-state index contributed by atoms with van der Waals surface area (Å²) in [6.45, 7) is 0. The fourth-order valence-corrected chi connectivity index (χ4v) is 1.55. The largest absolute Gasteiger partial charge is 0.324 e. The molecule has 2 N–H and O–H groups in total. The fourth-order valence-electron chi connectivity index (χ4n) is 1.55. The van der Waals surface area contributed by atoms with Gasteiger partial charge in [-0.2, -0.15) is 5.10 Å². The number of halogens is 1. The molecule has 4 nitrogen and oxygen atoms in total. The maximum absolute atomic E-state index is 12.9. The summed E-state index contributed by atoms with van der Waals surface area (Å²) in [7, 11) is 1.85. The van der Waals surface area contributed by atoms with E-state index in [4.69, 9.17) is 5.73 Å². The fraction of sp³-hybridized carbons (Fsp3) is 0.273. The highest BCUT2D eigenvalue weighted by Gasteiger charge is 2.10. The maximum atomic E-state index is 12.9. The first-order valence-corrected chi connectivity index (χ1v) is 4.99. The predicted octanol–water partition coefficient (Wildman–Crippen LogP) is 1.20. The highest BCUT2D eigenvalue weighted by Crippen LogP contribution is 2.14. The molecule has 0 fully saturated rings. The third-order valence-corrected chi connectivity index (χ3v) is 2.35. The standard InChI is InChI=1S/C11H13FN4/c1-16-3-2-10(15-16)5-11(13)8-4-9(12)7-14-6-8/h2-4,6-7,11H,5,13H2,1H3. The van der Waals surface area contributed by atoms with Crippen LogP contribution in [0.5, 0.6) is 0 Å². The molecule has 1 unspecified atom stereocenters. The molecular weight excluding hydrogens is 207 g/mol. The number of pyridine rings is 1. The lowest BCUT2D eigenvalue weighted by Crippen LogP contribution is -2.14. The van der Waals surface area contributed by atoms with Gasteiger partial charge in [-0.3, -0.25) is 9.67 Å². The molecule has 16 heavy (non-hydrogen) atoms. The molecule has 0 aliphatic heterocycles. The van der Waals surface area contributed by atoms with E-state index >= 15 is 0 Å². The van der Waals surface area contributed by atoms with Gasteiger partial charge in [-0.05, 0) is 17.7 Å². The normalized spacial score (nSPS) is 12.7. The molecule has 5 heteroatoms. The minimum atomic E-state index is -0.367. The van der Waals surface area contributed by atoms with Gasteiger partial charge in [-0.1, -0.05) is 0 Å². The minimum absolute atomic E-state index is 0.280. The Morgan fingerprint density at radius 3 is 2.94 bits per heavy atom. The summed E-state index contributed by atoms with van der Waals surface area (Å²) in [4.78, 5) is 3.77. The SMILES string of the molecule is Cn1ccc(CC(N)c2cncc(F)c2)n1. The van der Waals surface area contributed by atoms with E-state index in [1.807, 2.05) is 19.3 Å². The molecule has 0 aliphatic carbocycles. The molecule has 0 bridgehead atoms. The van der Waals surface area contributed by atoms with Gasteiger partial charge >= 0.3 is 0 Å². The van der Waals surface area contributed by atoms with Crippen molar-refractivity contribution >= 4 is 0 Å². The quantitative estimate of drug-likeness (QED) is 0.845. The van der Waals surface area contributed by atoms with E-state index in [9.17, 15) is 4.39 Å². The Morgan fingerprint density at radius 2 is 2.31 bits per heavy atom. The number of rotatable bonds is 3. The molecule has 1 atom stereocenters. The third kappa shape index (κ3) is 2.43. The van der Waals surface area contributed by atoms with Crippen LogP contribution in [0, 0.1) is 5.82 Å². The lowest BCUT2D eigenvalue weighted by Gasteiger charge is -2.09. The number of hydrogen-bond donors (Lipinski definition) is 1. The Hall–Kier alpha value is -1.75. The Kier molecular flexibility index (Phi) is 2.96. The number of nitrogens with zero attached hydrogens (tertiary/aromatic N) is 3. The smallest absolute Gasteiger partial charge is 0.141 e. The number of aryl methyl sites for hydroxylation is 1. The monoisotopic (exact) mass is 220 g/mol. The first kappa shape index (κ1) is 10.8. The van der Waals surface area contributed by atoms with Crippen molar-refractivity contribution in [3.8, 4) is 0 Å². The molecule has 0 radical (unpaired) electrons. The van der Waals surface area contributed by atoms with Crippen molar-refractivity contribution in [3.05, 3.63) is 47.8 Å². The first-order chi connectivity index (χ1) is 7.65. The van der Waals surface area contributed by atoms with Crippen molar-refractivity contribution in [2.75, 3.05) is 0 Å². The Morgan fingerprint density at radius 1 is 1.50 bits per heavy atom. The minimum Gasteiger partial charge on any atom is -0.324 e. The van der Waals surface area contributed by atoms with E-state index < -0.39 is 0 Å². The second-order valence-corrected chi connectivity index (χ2v) is 3.73. The number of nitrogens with two attached hydrogens (primary N) is 1. The summed E-state index contributed by atoms with van der Waals surface area (Å²) in [5, 5.41) is 4.22. The zero-order valence-electron chi connectivity index (χ0n) is 8.97. The predicted molar refractivity (Wildman–Crippen MR) is 58.0 cm³/mol. The summed E-state index contributed by atoms with van der Waals surface area (Å²) in [6, 6.07) is 3.02.